The Morgan fingerprint density at radius 3 is 2.84 bits per heavy atom. The van der Waals surface area contributed by atoms with E-state index in [2.05, 4.69) is 28.2 Å². The fourth-order valence-electron chi connectivity index (χ4n) is 2.69. The third-order valence-electron chi connectivity index (χ3n) is 3.60. The number of halogens is 1. The van der Waals surface area contributed by atoms with E-state index in [4.69, 9.17) is 0 Å². The van der Waals surface area contributed by atoms with Crippen LogP contribution in [0, 0.1) is 6.92 Å². The van der Waals surface area contributed by atoms with Gasteiger partial charge in [-0.2, -0.15) is 0 Å². The van der Waals surface area contributed by atoms with Crippen molar-refractivity contribution in [1.82, 2.24) is 10.2 Å². The average Bonchev–Trinajstić information content (AvgIpc) is 2.39. The molecule has 2 rings (SSSR count). The van der Waals surface area contributed by atoms with Gasteiger partial charge in [-0.1, -0.05) is 15.9 Å². The zero-order valence-corrected chi connectivity index (χ0v) is 13.2. The van der Waals surface area contributed by atoms with Crippen LogP contribution >= 0.6 is 15.9 Å². The summed E-state index contributed by atoms with van der Waals surface area (Å²) in [5, 5.41) is 3.38. The molecule has 1 aliphatic rings. The lowest BCUT2D eigenvalue weighted by Gasteiger charge is -2.34. The quantitative estimate of drug-likeness (QED) is 0.927. The maximum Gasteiger partial charge on any atom is 0.254 e. The molecular formula is C15H21BrN2O. The summed E-state index contributed by atoms with van der Waals surface area (Å²) >= 11 is 3.47. The average molecular weight is 325 g/mol. The molecule has 0 radical (unpaired) electrons. The summed E-state index contributed by atoms with van der Waals surface area (Å²) in [6, 6.07) is 6.22. The molecule has 0 saturated carbocycles. The first-order valence-electron chi connectivity index (χ1n) is 6.90. The molecule has 1 saturated heterocycles. The van der Waals surface area contributed by atoms with Crippen LogP contribution in [0.2, 0.25) is 0 Å². The normalized spacial score (nSPS) is 19.2. The van der Waals surface area contributed by atoms with E-state index >= 15 is 0 Å². The lowest BCUT2D eigenvalue weighted by molar-refractivity contribution is 0.0662. The molecule has 1 fully saturated rings. The van der Waals surface area contributed by atoms with Gasteiger partial charge in [0.2, 0.25) is 0 Å². The Morgan fingerprint density at radius 2 is 2.26 bits per heavy atom. The number of piperidine rings is 1. The van der Waals surface area contributed by atoms with Gasteiger partial charge < -0.3 is 10.2 Å². The molecule has 3 nitrogen and oxygen atoms in total. The molecule has 0 aliphatic carbocycles. The largest absolute Gasteiger partial charge is 0.335 e. The molecule has 0 spiro atoms. The van der Waals surface area contributed by atoms with E-state index in [0.717, 1.165) is 48.1 Å². The van der Waals surface area contributed by atoms with Crippen LogP contribution in [0.5, 0.6) is 0 Å². The first kappa shape index (κ1) is 14.5. The summed E-state index contributed by atoms with van der Waals surface area (Å²) in [7, 11) is 0. The van der Waals surface area contributed by atoms with E-state index in [1.54, 1.807) is 0 Å². The van der Waals surface area contributed by atoms with Crippen molar-refractivity contribution in [3.63, 3.8) is 0 Å². The van der Waals surface area contributed by atoms with Gasteiger partial charge in [-0.15, -0.1) is 0 Å². The molecule has 1 unspecified atom stereocenters. The van der Waals surface area contributed by atoms with Crippen LogP contribution in [0.1, 0.15) is 35.7 Å². The van der Waals surface area contributed by atoms with Gasteiger partial charge in [0.05, 0.1) is 0 Å². The molecule has 0 aromatic heterocycles. The lowest BCUT2D eigenvalue weighted by Crippen LogP contribution is -2.48. The summed E-state index contributed by atoms with van der Waals surface area (Å²) in [6.07, 6.45) is 2.24. The maximum atomic E-state index is 12.7. The highest BCUT2D eigenvalue weighted by Gasteiger charge is 2.25. The monoisotopic (exact) mass is 324 g/mol. The second-order valence-corrected chi connectivity index (χ2v) is 6.02. The first-order valence-corrected chi connectivity index (χ1v) is 7.70. The molecule has 1 amide bonds. The van der Waals surface area contributed by atoms with E-state index in [-0.39, 0.29) is 5.91 Å². The molecule has 4 heteroatoms. The molecule has 19 heavy (non-hydrogen) atoms. The van der Waals surface area contributed by atoms with Gasteiger partial charge in [0.25, 0.3) is 5.91 Å². The lowest BCUT2D eigenvalue weighted by atomic mass is 10.0. The minimum atomic E-state index is 0.139. The van der Waals surface area contributed by atoms with Crippen molar-refractivity contribution in [3.05, 3.63) is 33.8 Å². The number of amides is 1. The second kappa shape index (κ2) is 6.53. The van der Waals surface area contributed by atoms with Crippen LogP contribution in [-0.4, -0.2) is 36.5 Å². The predicted molar refractivity (Wildman–Crippen MR) is 81.5 cm³/mol. The Bertz CT molecular complexity index is 435. The van der Waals surface area contributed by atoms with Crippen molar-refractivity contribution in [2.45, 2.75) is 32.7 Å². The highest BCUT2D eigenvalue weighted by atomic mass is 79.9. The van der Waals surface area contributed by atoms with Crippen LogP contribution < -0.4 is 5.32 Å². The van der Waals surface area contributed by atoms with Crippen molar-refractivity contribution in [2.24, 2.45) is 0 Å². The number of benzene rings is 1. The predicted octanol–water partition coefficient (Wildman–Crippen LogP) is 2.97. The number of nitrogens with zero attached hydrogens (tertiary/aromatic N) is 1. The first-order chi connectivity index (χ1) is 9.11. The Balaban J connectivity index is 2.19. The summed E-state index contributed by atoms with van der Waals surface area (Å²) < 4.78 is 0.966. The zero-order valence-electron chi connectivity index (χ0n) is 11.6. The van der Waals surface area contributed by atoms with Crippen LogP contribution in [0.4, 0.5) is 0 Å². The van der Waals surface area contributed by atoms with Crippen LogP contribution in [0.3, 0.4) is 0 Å². The molecular weight excluding hydrogens is 304 g/mol. The summed E-state index contributed by atoms with van der Waals surface area (Å²) in [5.74, 6) is 0.139. The number of carbonyl (C=O) groups is 1. The van der Waals surface area contributed by atoms with Gasteiger partial charge in [-0.3, -0.25) is 4.79 Å². The van der Waals surface area contributed by atoms with Gasteiger partial charge in [0, 0.05) is 29.2 Å². The highest BCUT2D eigenvalue weighted by molar-refractivity contribution is 9.10. The molecule has 1 aromatic carbocycles. The molecule has 1 atom stereocenters. The summed E-state index contributed by atoms with van der Waals surface area (Å²) in [6.45, 7) is 6.80. The van der Waals surface area contributed by atoms with E-state index in [9.17, 15) is 4.79 Å². The standard InChI is InChI=1S/C15H21BrN2O/c1-3-18(14-5-4-6-17-10-14)15(19)12-7-11(2)8-13(16)9-12/h7-9,14,17H,3-6,10H2,1-2H3. The van der Waals surface area contributed by atoms with Gasteiger partial charge in [0.15, 0.2) is 0 Å². The van der Waals surface area contributed by atoms with E-state index in [1.165, 1.54) is 0 Å². The zero-order chi connectivity index (χ0) is 13.8. The Labute approximate surface area is 123 Å². The SMILES string of the molecule is CCN(C(=O)c1cc(C)cc(Br)c1)C1CCCNC1. The summed E-state index contributed by atoms with van der Waals surface area (Å²) in [4.78, 5) is 14.7. The van der Waals surface area contributed by atoms with E-state index in [0.29, 0.717) is 6.04 Å². The summed E-state index contributed by atoms with van der Waals surface area (Å²) in [5.41, 5.74) is 1.88. The van der Waals surface area contributed by atoms with Crippen LogP contribution in [-0.2, 0) is 0 Å². The van der Waals surface area contributed by atoms with Crippen molar-refractivity contribution in [1.29, 1.82) is 0 Å². The number of carbonyl (C=O) groups excluding carboxylic acids is 1. The molecule has 1 aliphatic heterocycles. The minimum absolute atomic E-state index is 0.139. The smallest absolute Gasteiger partial charge is 0.254 e. The molecule has 104 valence electrons. The molecule has 0 bridgehead atoms. The van der Waals surface area contributed by atoms with Crippen molar-refractivity contribution >= 4 is 21.8 Å². The van der Waals surface area contributed by atoms with E-state index in [1.807, 2.05) is 30.0 Å². The fraction of sp³-hybridized carbons (Fsp3) is 0.533. The number of aryl methyl sites for hydroxylation is 1. The van der Waals surface area contributed by atoms with Gasteiger partial charge in [-0.05, 0) is 57.0 Å². The second-order valence-electron chi connectivity index (χ2n) is 5.11. The molecule has 1 N–H and O–H groups in total. The number of hydrogen-bond donors (Lipinski definition) is 1. The Hall–Kier alpha value is -0.870. The van der Waals surface area contributed by atoms with Gasteiger partial charge >= 0.3 is 0 Å². The maximum absolute atomic E-state index is 12.7. The third kappa shape index (κ3) is 3.57. The van der Waals surface area contributed by atoms with Crippen molar-refractivity contribution in [2.75, 3.05) is 19.6 Å². The number of rotatable bonds is 3. The third-order valence-corrected chi connectivity index (χ3v) is 4.06. The van der Waals surface area contributed by atoms with Gasteiger partial charge in [-0.25, -0.2) is 0 Å². The Kier molecular flexibility index (Phi) is 4.99. The molecule has 1 heterocycles. The highest BCUT2D eigenvalue weighted by Crippen LogP contribution is 2.19. The van der Waals surface area contributed by atoms with E-state index < -0.39 is 0 Å². The van der Waals surface area contributed by atoms with Crippen molar-refractivity contribution < 1.29 is 4.79 Å². The van der Waals surface area contributed by atoms with Gasteiger partial charge in [0.1, 0.15) is 0 Å². The van der Waals surface area contributed by atoms with Crippen molar-refractivity contribution in [3.8, 4) is 0 Å². The topological polar surface area (TPSA) is 32.3 Å². The Morgan fingerprint density at radius 1 is 1.47 bits per heavy atom. The number of likely N-dealkylation sites (N-methyl/N-ethyl adjacent to an activating group) is 1. The van der Waals surface area contributed by atoms with Crippen LogP contribution in [0.15, 0.2) is 22.7 Å². The number of nitrogens with one attached hydrogen (secondary N) is 1. The minimum Gasteiger partial charge on any atom is -0.335 e. The molecule has 1 aromatic rings. The fourth-order valence-corrected chi connectivity index (χ4v) is 3.30. The number of hydrogen-bond acceptors (Lipinski definition) is 2. The van der Waals surface area contributed by atoms with Crippen LogP contribution in [0.25, 0.3) is 0 Å².